The number of nitrogens with one attached hydrogen (secondary N) is 1. The molecule has 3 heteroatoms. The zero-order valence-corrected chi connectivity index (χ0v) is 11.7. The highest BCUT2D eigenvalue weighted by Crippen LogP contribution is 2.35. The molecule has 0 radical (unpaired) electrons. The summed E-state index contributed by atoms with van der Waals surface area (Å²) >= 11 is 0. The van der Waals surface area contributed by atoms with Gasteiger partial charge in [0.05, 0.1) is 0 Å². The number of rotatable bonds is 2. The number of carbonyl (C=O) groups is 1. The predicted octanol–water partition coefficient (Wildman–Crippen LogP) is 2.07. The lowest BCUT2D eigenvalue weighted by Crippen LogP contribution is -2.39. The summed E-state index contributed by atoms with van der Waals surface area (Å²) in [7, 11) is 0. The number of amides is 1. The van der Waals surface area contributed by atoms with Crippen molar-refractivity contribution in [1.82, 2.24) is 10.2 Å². The normalized spacial score (nSPS) is 29.6. The highest BCUT2D eigenvalue weighted by Gasteiger charge is 2.45. The van der Waals surface area contributed by atoms with Crippen LogP contribution in [0, 0.1) is 18.8 Å². The molecular weight excluding hydrogens is 236 g/mol. The second-order valence-corrected chi connectivity index (χ2v) is 5.88. The topological polar surface area (TPSA) is 32.3 Å². The Kier molecular flexibility index (Phi) is 3.31. The van der Waals surface area contributed by atoms with Gasteiger partial charge in [0.2, 0.25) is 0 Å². The van der Waals surface area contributed by atoms with E-state index in [1.807, 2.05) is 24.3 Å². The minimum absolute atomic E-state index is 0.209. The third-order valence-electron chi connectivity index (χ3n) is 4.70. The van der Waals surface area contributed by atoms with Crippen LogP contribution in [0.15, 0.2) is 24.3 Å². The third-order valence-corrected chi connectivity index (χ3v) is 4.70. The van der Waals surface area contributed by atoms with Crippen LogP contribution < -0.4 is 5.32 Å². The molecule has 2 saturated heterocycles. The second-order valence-electron chi connectivity index (χ2n) is 5.88. The van der Waals surface area contributed by atoms with Gasteiger partial charge in [-0.15, -0.1) is 0 Å². The molecule has 2 aliphatic rings. The first kappa shape index (κ1) is 12.7. The SMILES string of the molecule is CCC1C2CNCC2CN1C(=O)c1ccc(C)cc1. The number of hydrogen-bond donors (Lipinski definition) is 1. The van der Waals surface area contributed by atoms with Gasteiger partial charge in [-0.2, -0.15) is 0 Å². The Labute approximate surface area is 115 Å². The maximum absolute atomic E-state index is 12.7. The Morgan fingerprint density at radius 3 is 2.74 bits per heavy atom. The molecule has 0 spiro atoms. The average Bonchev–Trinajstić information content (AvgIpc) is 2.98. The molecule has 102 valence electrons. The average molecular weight is 258 g/mol. The van der Waals surface area contributed by atoms with E-state index in [2.05, 4.69) is 24.1 Å². The molecule has 1 N–H and O–H groups in total. The monoisotopic (exact) mass is 258 g/mol. The zero-order chi connectivity index (χ0) is 13.4. The number of likely N-dealkylation sites (tertiary alicyclic amines) is 1. The maximum Gasteiger partial charge on any atom is 0.254 e. The van der Waals surface area contributed by atoms with Crippen LogP contribution in [0.2, 0.25) is 0 Å². The van der Waals surface area contributed by atoms with Crippen LogP contribution >= 0.6 is 0 Å². The van der Waals surface area contributed by atoms with E-state index >= 15 is 0 Å². The van der Waals surface area contributed by atoms with Gasteiger partial charge < -0.3 is 10.2 Å². The van der Waals surface area contributed by atoms with E-state index in [9.17, 15) is 4.79 Å². The van der Waals surface area contributed by atoms with Crippen LogP contribution in [-0.2, 0) is 0 Å². The second kappa shape index (κ2) is 4.97. The largest absolute Gasteiger partial charge is 0.335 e. The molecule has 0 aliphatic carbocycles. The van der Waals surface area contributed by atoms with Crippen molar-refractivity contribution in [2.75, 3.05) is 19.6 Å². The van der Waals surface area contributed by atoms with Crippen molar-refractivity contribution in [2.24, 2.45) is 11.8 Å². The Balaban J connectivity index is 1.81. The van der Waals surface area contributed by atoms with Gasteiger partial charge in [-0.3, -0.25) is 4.79 Å². The summed E-state index contributed by atoms with van der Waals surface area (Å²) in [6.07, 6.45) is 1.06. The minimum atomic E-state index is 0.209. The van der Waals surface area contributed by atoms with Gasteiger partial charge in [0, 0.05) is 31.2 Å². The van der Waals surface area contributed by atoms with Gasteiger partial charge in [-0.25, -0.2) is 0 Å². The third kappa shape index (κ3) is 2.16. The van der Waals surface area contributed by atoms with E-state index in [-0.39, 0.29) is 5.91 Å². The number of nitrogens with zero attached hydrogens (tertiary/aromatic N) is 1. The van der Waals surface area contributed by atoms with E-state index in [0.29, 0.717) is 17.9 Å². The van der Waals surface area contributed by atoms with Crippen LogP contribution in [0.5, 0.6) is 0 Å². The Morgan fingerprint density at radius 1 is 1.32 bits per heavy atom. The lowest BCUT2D eigenvalue weighted by molar-refractivity contribution is 0.0711. The van der Waals surface area contributed by atoms with Crippen LogP contribution in [-0.4, -0.2) is 36.5 Å². The molecular formula is C16H22N2O. The summed E-state index contributed by atoms with van der Waals surface area (Å²) in [4.78, 5) is 14.8. The standard InChI is InChI=1S/C16H22N2O/c1-3-15-14-9-17-8-13(14)10-18(15)16(19)12-6-4-11(2)5-7-12/h4-7,13-15,17H,3,8-10H2,1-2H3. The molecule has 2 aliphatic heterocycles. The van der Waals surface area contributed by atoms with E-state index in [1.54, 1.807) is 0 Å². The summed E-state index contributed by atoms with van der Waals surface area (Å²) in [5.74, 6) is 1.51. The number of carbonyl (C=O) groups excluding carboxylic acids is 1. The summed E-state index contributed by atoms with van der Waals surface area (Å²) in [6.45, 7) is 7.30. The molecule has 19 heavy (non-hydrogen) atoms. The molecule has 1 amide bonds. The van der Waals surface area contributed by atoms with Gasteiger partial charge in [-0.05, 0) is 37.3 Å². The van der Waals surface area contributed by atoms with Crippen LogP contribution in [0.4, 0.5) is 0 Å². The van der Waals surface area contributed by atoms with Crippen molar-refractivity contribution in [3.8, 4) is 0 Å². The maximum atomic E-state index is 12.7. The molecule has 1 aromatic rings. The van der Waals surface area contributed by atoms with E-state index in [0.717, 1.165) is 31.6 Å². The molecule has 3 rings (SSSR count). The number of benzene rings is 1. The molecule has 3 unspecified atom stereocenters. The molecule has 3 atom stereocenters. The van der Waals surface area contributed by atoms with Gasteiger partial charge in [-0.1, -0.05) is 24.6 Å². The van der Waals surface area contributed by atoms with Crippen molar-refractivity contribution < 1.29 is 4.79 Å². The lowest BCUT2D eigenvalue weighted by atomic mass is 9.93. The first-order chi connectivity index (χ1) is 9.20. The Morgan fingerprint density at radius 2 is 2.05 bits per heavy atom. The zero-order valence-electron chi connectivity index (χ0n) is 11.7. The van der Waals surface area contributed by atoms with Crippen molar-refractivity contribution in [1.29, 1.82) is 0 Å². The highest BCUT2D eigenvalue weighted by molar-refractivity contribution is 5.94. The smallest absolute Gasteiger partial charge is 0.254 e. The van der Waals surface area contributed by atoms with Crippen LogP contribution in [0.1, 0.15) is 29.3 Å². The fraction of sp³-hybridized carbons (Fsp3) is 0.562. The van der Waals surface area contributed by atoms with Crippen LogP contribution in [0.3, 0.4) is 0 Å². The Bertz CT molecular complexity index is 468. The van der Waals surface area contributed by atoms with Crippen LogP contribution in [0.25, 0.3) is 0 Å². The van der Waals surface area contributed by atoms with E-state index in [1.165, 1.54) is 5.56 Å². The molecule has 0 saturated carbocycles. The summed E-state index contributed by atoms with van der Waals surface area (Å²) in [6, 6.07) is 8.36. The van der Waals surface area contributed by atoms with Gasteiger partial charge in [0.1, 0.15) is 0 Å². The number of hydrogen-bond acceptors (Lipinski definition) is 2. The molecule has 0 bridgehead atoms. The molecule has 3 nitrogen and oxygen atoms in total. The van der Waals surface area contributed by atoms with Crippen molar-refractivity contribution in [3.63, 3.8) is 0 Å². The highest BCUT2D eigenvalue weighted by atomic mass is 16.2. The molecule has 2 heterocycles. The van der Waals surface area contributed by atoms with Crippen molar-refractivity contribution >= 4 is 5.91 Å². The molecule has 1 aromatic carbocycles. The van der Waals surface area contributed by atoms with E-state index in [4.69, 9.17) is 0 Å². The summed E-state index contributed by atoms with van der Waals surface area (Å²) in [5.41, 5.74) is 2.03. The number of aryl methyl sites for hydroxylation is 1. The van der Waals surface area contributed by atoms with Gasteiger partial charge >= 0.3 is 0 Å². The first-order valence-electron chi connectivity index (χ1n) is 7.29. The van der Waals surface area contributed by atoms with Crippen molar-refractivity contribution in [2.45, 2.75) is 26.3 Å². The van der Waals surface area contributed by atoms with Gasteiger partial charge in [0.25, 0.3) is 5.91 Å². The first-order valence-corrected chi connectivity index (χ1v) is 7.29. The fourth-order valence-electron chi connectivity index (χ4n) is 3.64. The quantitative estimate of drug-likeness (QED) is 0.880. The fourth-order valence-corrected chi connectivity index (χ4v) is 3.64. The number of fused-ring (bicyclic) bond motifs is 1. The van der Waals surface area contributed by atoms with Crippen molar-refractivity contribution in [3.05, 3.63) is 35.4 Å². The van der Waals surface area contributed by atoms with E-state index < -0.39 is 0 Å². The molecule has 0 aromatic heterocycles. The predicted molar refractivity (Wildman–Crippen MR) is 76.1 cm³/mol. The molecule has 2 fully saturated rings. The summed E-state index contributed by atoms with van der Waals surface area (Å²) in [5, 5.41) is 3.46. The lowest BCUT2D eigenvalue weighted by Gasteiger charge is -2.27. The van der Waals surface area contributed by atoms with Gasteiger partial charge in [0.15, 0.2) is 0 Å². The minimum Gasteiger partial charge on any atom is -0.335 e. The summed E-state index contributed by atoms with van der Waals surface area (Å²) < 4.78 is 0. The Hall–Kier alpha value is -1.35.